The van der Waals surface area contributed by atoms with Gasteiger partial charge in [-0.05, 0) is 74.6 Å². The molecule has 2 atom stereocenters. The van der Waals surface area contributed by atoms with E-state index in [1.54, 1.807) is 30.3 Å². The van der Waals surface area contributed by atoms with Gasteiger partial charge in [-0.15, -0.1) is 0 Å². The molecule has 1 heterocycles. The van der Waals surface area contributed by atoms with Crippen LogP contribution in [0.2, 0.25) is 5.02 Å². The number of hydrogen-bond acceptors (Lipinski definition) is 4. The molecule has 1 saturated carbocycles. The maximum Gasteiger partial charge on any atom is 0.416 e. The van der Waals surface area contributed by atoms with Crippen molar-refractivity contribution in [3.8, 4) is 11.1 Å². The van der Waals surface area contributed by atoms with Crippen LogP contribution in [0.4, 0.5) is 37.8 Å². The summed E-state index contributed by atoms with van der Waals surface area (Å²) in [5.41, 5.74) is -2.87. The molecule has 0 aliphatic heterocycles. The van der Waals surface area contributed by atoms with Crippen LogP contribution in [0.25, 0.3) is 11.1 Å². The lowest BCUT2D eigenvalue weighted by molar-refractivity contribution is -0.143. The molecular formula is C36H34ClF6N3O2. The molecule has 1 aliphatic carbocycles. The van der Waals surface area contributed by atoms with Crippen LogP contribution < -0.4 is 10.2 Å². The largest absolute Gasteiger partial charge is 0.416 e. The number of hydrogen-bond donors (Lipinski definition) is 1. The summed E-state index contributed by atoms with van der Waals surface area (Å²) in [5.74, 6) is -0.266. The van der Waals surface area contributed by atoms with Crippen LogP contribution in [0.15, 0.2) is 85.1 Å². The van der Waals surface area contributed by atoms with E-state index in [0.717, 1.165) is 24.8 Å². The summed E-state index contributed by atoms with van der Waals surface area (Å²) in [7, 11) is 1.40. The van der Waals surface area contributed by atoms with Crippen molar-refractivity contribution >= 4 is 29.0 Å². The Labute approximate surface area is 279 Å². The molecule has 12 heteroatoms. The fourth-order valence-corrected chi connectivity index (χ4v) is 6.15. The van der Waals surface area contributed by atoms with Crippen LogP contribution in [0.5, 0.6) is 0 Å². The molecule has 0 radical (unpaired) electrons. The second-order valence-corrected chi connectivity index (χ2v) is 12.8. The first-order valence-electron chi connectivity index (χ1n) is 15.3. The van der Waals surface area contributed by atoms with Gasteiger partial charge in [-0.1, -0.05) is 60.1 Å². The first-order valence-corrected chi connectivity index (χ1v) is 15.7. The molecule has 1 fully saturated rings. The summed E-state index contributed by atoms with van der Waals surface area (Å²) in [6, 6.07) is 19.6. The molecule has 5 rings (SSSR count). The SMILES string of the molecule is CN(C(=O)C(C)(C)c1cc(C(F)(F)F)cc(C(F)(F)F)c1)c1cnc(N[C@@H]2CCC[C@H]2OCc2ccccc2)cc1-c1ccccc1Cl. The van der Waals surface area contributed by atoms with Crippen molar-refractivity contribution in [2.75, 3.05) is 17.3 Å². The van der Waals surface area contributed by atoms with E-state index in [2.05, 4.69) is 10.3 Å². The van der Waals surface area contributed by atoms with Crippen LogP contribution in [0, 0.1) is 0 Å². The molecule has 5 nitrogen and oxygen atoms in total. The Kier molecular flexibility index (Phi) is 10.1. The molecule has 0 bridgehead atoms. The molecule has 4 aromatic rings. The van der Waals surface area contributed by atoms with Crippen LogP contribution in [0.3, 0.4) is 0 Å². The maximum atomic E-state index is 14.0. The van der Waals surface area contributed by atoms with E-state index in [9.17, 15) is 31.1 Å². The fourth-order valence-electron chi connectivity index (χ4n) is 5.92. The number of rotatable bonds is 9. The first kappa shape index (κ1) is 35.2. The van der Waals surface area contributed by atoms with Crippen molar-refractivity contribution in [2.24, 2.45) is 0 Å². The third-order valence-corrected chi connectivity index (χ3v) is 8.98. The number of alkyl halides is 6. The number of halogens is 7. The van der Waals surface area contributed by atoms with Gasteiger partial charge in [-0.25, -0.2) is 4.98 Å². The average Bonchev–Trinajstić information content (AvgIpc) is 3.49. The molecule has 0 spiro atoms. The standard InChI is InChI=1S/C36H34ClF6N3O2/c1-34(2,23-16-24(35(38,39)40)18-25(17-23)36(41,42)43)33(47)46(3)30-20-44-32(19-27(30)26-12-7-8-13-28(26)37)45-29-14-9-15-31(29)48-21-22-10-5-4-6-11-22/h4-8,10-13,16-20,29,31H,9,14-15,21H2,1-3H3,(H,44,45)/t29-,31-/m1/s1. The summed E-state index contributed by atoms with van der Waals surface area (Å²) < 4.78 is 88.2. The number of anilines is 2. The van der Waals surface area contributed by atoms with E-state index in [1.807, 2.05) is 30.3 Å². The average molecular weight is 690 g/mol. The number of ether oxygens (including phenoxy) is 1. The number of pyridine rings is 1. The molecular weight excluding hydrogens is 656 g/mol. The van der Waals surface area contributed by atoms with E-state index in [-0.39, 0.29) is 23.9 Å². The van der Waals surface area contributed by atoms with Crippen molar-refractivity contribution in [1.29, 1.82) is 0 Å². The highest BCUT2D eigenvalue weighted by atomic mass is 35.5. The quantitative estimate of drug-likeness (QED) is 0.178. The van der Waals surface area contributed by atoms with Gasteiger partial charge in [-0.2, -0.15) is 26.3 Å². The lowest BCUT2D eigenvalue weighted by Crippen LogP contribution is -2.42. The van der Waals surface area contributed by atoms with E-state index in [1.165, 1.54) is 32.0 Å². The highest BCUT2D eigenvalue weighted by Gasteiger charge is 2.41. The van der Waals surface area contributed by atoms with Crippen molar-refractivity contribution in [1.82, 2.24) is 4.98 Å². The predicted octanol–water partition coefficient (Wildman–Crippen LogP) is 9.93. The van der Waals surface area contributed by atoms with Gasteiger partial charge < -0.3 is 15.0 Å². The second kappa shape index (κ2) is 13.8. The van der Waals surface area contributed by atoms with Gasteiger partial charge >= 0.3 is 12.4 Å². The maximum absolute atomic E-state index is 14.0. The van der Waals surface area contributed by atoms with Gasteiger partial charge in [0.1, 0.15) is 5.82 Å². The Balaban J connectivity index is 1.47. The number of aromatic nitrogens is 1. The highest BCUT2D eigenvalue weighted by molar-refractivity contribution is 6.33. The summed E-state index contributed by atoms with van der Waals surface area (Å²) in [6.45, 7) is 3.03. The third kappa shape index (κ3) is 7.79. The van der Waals surface area contributed by atoms with Gasteiger partial charge in [0.05, 0.1) is 47.2 Å². The highest BCUT2D eigenvalue weighted by Crippen LogP contribution is 2.42. The van der Waals surface area contributed by atoms with Crippen molar-refractivity contribution in [2.45, 2.75) is 69.6 Å². The number of carbonyl (C=O) groups excluding carboxylic acids is 1. The van der Waals surface area contributed by atoms with Crippen molar-refractivity contribution in [3.05, 3.63) is 112 Å². The molecule has 48 heavy (non-hydrogen) atoms. The van der Waals surface area contributed by atoms with Crippen LogP contribution in [-0.2, 0) is 33.9 Å². The molecule has 1 amide bonds. The van der Waals surface area contributed by atoms with Gasteiger partial charge in [0.2, 0.25) is 5.91 Å². The minimum absolute atomic E-state index is 0.0422. The normalized spacial score (nSPS) is 17.0. The smallest absolute Gasteiger partial charge is 0.371 e. The van der Waals surface area contributed by atoms with Crippen LogP contribution in [-0.4, -0.2) is 30.1 Å². The monoisotopic (exact) mass is 689 g/mol. The number of carbonyl (C=O) groups is 1. The van der Waals surface area contributed by atoms with E-state index in [0.29, 0.717) is 40.7 Å². The molecule has 254 valence electrons. The van der Waals surface area contributed by atoms with E-state index < -0.39 is 40.4 Å². The first-order chi connectivity index (χ1) is 22.6. The minimum atomic E-state index is -5.06. The Bertz CT molecular complexity index is 1730. The molecule has 3 aromatic carbocycles. The van der Waals surface area contributed by atoms with Crippen LogP contribution >= 0.6 is 11.6 Å². The summed E-state index contributed by atoms with van der Waals surface area (Å²) in [6.07, 6.45) is -6.10. The van der Waals surface area contributed by atoms with Gasteiger partial charge in [0.15, 0.2) is 0 Å². The number of nitrogens with one attached hydrogen (secondary N) is 1. The summed E-state index contributed by atoms with van der Waals surface area (Å²) in [5, 5.41) is 3.82. The van der Waals surface area contributed by atoms with E-state index >= 15 is 0 Å². The fraction of sp³-hybridized carbons (Fsp3) is 0.333. The summed E-state index contributed by atoms with van der Waals surface area (Å²) >= 11 is 6.59. The topological polar surface area (TPSA) is 54.5 Å². The van der Waals surface area contributed by atoms with E-state index in [4.69, 9.17) is 16.3 Å². The molecule has 0 saturated heterocycles. The number of amides is 1. The van der Waals surface area contributed by atoms with Gasteiger partial charge in [0, 0.05) is 23.2 Å². The lowest BCUT2D eigenvalue weighted by Gasteiger charge is -2.32. The van der Waals surface area contributed by atoms with Crippen LogP contribution in [0.1, 0.15) is 55.4 Å². The van der Waals surface area contributed by atoms with Crippen molar-refractivity contribution < 1.29 is 35.9 Å². The zero-order chi connectivity index (χ0) is 34.9. The van der Waals surface area contributed by atoms with Crippen molar-refractivity contribution in [3.63, 3.8) is 0 Å². The molecule has 1 aromatic heterocycles. The summed E-state index contributed by atoms with van der Waals surface area (Å²) in [4.78, 5) is 19.8. The number of benzene rings is 3. The zero-order valence-electron chi connectivity index (χ0n) is 26.4. The number of likely N-dealkylation sites (N-methyl/N-ethyl adjacent to an activating group) is 1. The van der Waals surface area contributed by atoms with Gasteiger partial charge in [-0.3, -0.25) is 4.79 Å². The minimum Gasteiger partial charge on any atom is -0.371 e. The Hall–Kier alpha value is -4.09. The predicted molar refractivity (Wildman–Crippen MR) is 174 cm³/mol. The third-order valence-electron chi connectivity index (χ3n) is 8.65. The number of nitrogens with zero attached hydrogens (tertiary/aromatic N) is 2. The lowest BCUT2D eigenvalue weighted by atomic mass is 9.81. The second-order valence-electron chi connectivity index (χ2n) is 12.4. The van der Waals surface area contributed by atoms with Gasteiger partial charge in [0.25, 0.3) is 0 Å². The Morgan fingerprint density at radius 2 is 1.48 bits per heavy atom. The Morgan fingerprint density at radius 1 is 0.875 bits per heavy atom. The zero-order valence-corrected chi connectivity index (χ0v) is 27.2. The molecule has 0 unspecified atom stereocenters. The molecule has 1 N–H and O–H groups in total. The molecule has 1 aliphatic rings. The Morgan fingerprint density at radius 3 is 2.10 bits per heavy atom.